The van der Waals surface area contributed by atoms with E-state index in [0.717, 1.165) is 16.9 Å². The summed E-state index contributed by atoms with van der Waals surface area (Å²) >= 11 is 0. The molecule has 0 saturated heterocycles. The SMILES string of the molecule is COc1ccc([C@H]2C[C@H](c3ccc(F)cc3)n3nc(NC(C)=O)nc3N2)cc1. The van der Waals surface area contributed by atoms with Crippen LogP contribution in [0.25, 0.3) is 0 Å². The Morgan fingerprint density at radius 3 is 2.50 bits per heavy atom. The van der Waals surface area contributed by atoms with Gasteiger partial charge in [0.05, 0.1) is 19.2 Å². The van der Waals surface area contributed by atoms with E-state index >= 15 is 0 Å². The number of hydrogen-bond donors (Lipinski definition) is 2. The standard InChI is InChI=1S/C20H20FN5O2/c1-12(27)22-19-24-20-23-17(13-5-9-16(28-2)10-6-13)11-18(26(20)25-19)14-3-7-15(21)8-4-14/h3-10,17-18H,11H2,1-2H3,(H2,22,23,24,25,27)/t17-,18-/m1/s1. The van der Waals surface area contributed by atoms with Gasteiger partial charge in [-0.15, -0.1) is 5.10 Å². The molecule has 2 atom stereocenters. The Balaban J connectivity index is 1.72. The fraction of sp³-hybridized carbons (Fsp3) is 0.250. The lowest BCUT2D eigenvalue weighted by atomic mass is 9.93. The average Bonchev–Trinajstić information content (AvgIpc) is 3.09. The summed E-state index contributed by atoms with van der Waals surface area (Å²) in [5, 5.41) is 10.4. The number of benzene rings is 2. The van der Waals surface area contributed by atoms with Gasteiger partial charge in [-0.3, -0.25) is 10.1 Å². The molecule has 144 valence electrons. The number of amides is 1. The second kappa shape index (κ2) is 7.30. The minimum absolute atomic E-state index is 0.0252. The van der Waals surface area contributed by atoms with Crippen LogP contribution in [0, 0.1) is 5.82 Å². The van der Waals surface area contributed by atoms with E-state index in [0.29, 0.717) is 12.4 Å². The fourth-order valence-corrected chi connectivity index (χ4v) is 3.41. The van der Waals surface area contributed by atoms with Crippen molar-refractivity contribution >= 4 is 17.8 Å². The van der Waals surface area contributed by atoms with Gasteiger partial charge in [0.2, 0.25) is 11.9 Å². The number of anilines is 2. The molecule has 4 rings (SSSR count). The smallest absolute Gasteiger partial charge is 0.250 e. The van der Waals surface area contributed by atoms with Gasteiger partial charge >= 0.3 is 0 Å². The Kier molecular flexibility index (Phi) is 4.68. The van der Waals surface area contributed by atoms with E-state index in [2.05, 4.69) is 20.7 Å². The van der Waals surface area contributed by atoms with Gasteiger partial charge in [0.1, 0.15) is 11.6 Å². The van der Waals surface area contributed by atoms with E-state index in [9.17, 15) is 9.18 Å². The molecule has 0 bridgehead atoms. The second-order valence-electron chi connectivity index (χ2n) is 6.66. The van der Waals surface area contributed by atoms with Gasteiger partial charge in [-0.25, -0.2) is 9.07 Å². The number of ether oxygens (including phenoxy) is 1. The first-order chi connectivity index (χ1) is 13.5. The molecule has 0 fully saturated rings. The molecule has 0 radical (unpaired) electrons. The van der Waals surface area contributed by atoms with Crippen molar-refractivity contribution in [2.45, 2.75) is 25.4 Å². The summed E-state index contributed by atoms with van der Waals surface area (Å²) in [5.74, 6) is 1.03. The Morgan fingerprint density at radius 2 is 1.86 bits per heavy atom. The predicted molar refractivity (Wildman–Crippen MR) is 103 cm³/mol. The van der Waals surface area contributed by atoms with Gasteiger partial charge in [-0.1, -0.05) is 24.3 Å². The third kappa shape index (κ3) is 3.53. The Bertz CT molecular complexity index is 985. The van der Waals surface area contributed by atoms with Crippen molar-refractivity contribution in [3.63, 3.8) is 0 Å². The van der Waals surface area contributed by atoms with E-state index in [1.54, 1.807) is 23.9 Å². The number of methoxy groups -OCH3 is 1. The predicted octanol–water partition coefficient (Wildman–Crippen LogP) is 3.53. The summed E-state index contributed by atoms with van der Waals surface area (Å²) in [7, 11) is 1.63. The number of rotatable bonds is 4. The zero-order valence-electron chi connectivity index (χ0n) is 15.5. The normalized spacial score (nSPS) is 18.1. The summed E-state index contributed by atoms with van der Waals surface area (Å²) in [5.41, 5.74) is 1.99. The first-order valence-electron chi connectivity index (χ1n) is 8.93. The molecule has 1 aromatic heterocycles. The van der Waals surface area contributed by atoms with Gasteiger partial charge in [-0.2, -0.15) is 4.98 Å². The molecule has 28 heavy (non-hydrogen) atoms. The minimum Gasteiger partial charge on any atom is -0.497 e. The topological polar surface area (TPSA) is 81.1 Å². The zero-order chi connectivity index (χ0) is 19.7. The molecule has 2 N–H and O–H groups in total. The molecule has 0 saturated carbocycles. The second-order valence-corrected chi connectivity index (χ2v) is 6.66. The fourth-order valence-electron chi connectivity index (χ4n) is 3.41. The first kappa shape index (κ1) is 18.0. The van der Waals surface area contributed by atoms with Crippen LogP contribution < -0.4 is 15.4 Å². The molecule has 1 aliphatic heterocycles. The lowest BCUT2D eigenvalue weighted by Gasteiger charge is -2.31. The van der Waals surface area contributed by atoms with Crippen LogP contribution in [0.4, 0.5) is 16.3 Å². The molecule has 0 aliphatic carbocycles. The van der Waals surface area contributed by atoms with Crippen LogP contribution in [-0.4, -0.2) is 27.8 Å². The highest BCUT2D eigenvalue weighted by Crippen LogP contribution is 2.38. The van der Waals surface area contributed by atoms with Crippen LogP contribution in [0.3, 0.4) is 0 Å². The van der Waals surface area contributed by atoms with Crippen LogP contribution in [-0.2, 0) is 4.79 Å². The van der Waals surface area contributed by atoms with E-state index in [1.165, 1.54) is 19.1 Å². The summed E-state index contributed by atoms with van der Waals surface area (Å²) < 4.78 is 20.4. The lowest BCUT2D eigenvalue weighted by molar-refractivity contribution is -0.114. The molecule has 1 amide bonds. The van der Waals surface area contributed by atoms with E-state index in [1.807, 2.05) is 24.3 Å². The number of carbonyl (C=O) groups is 1. The third-order valence-electron chi connectivity index (χ3n) is 4.75. The first-order valence-corrected chi connectivity index (χ1v) is 8.93. The van der Waals surface area contributed by atoms with Crippen LogP contribution >= 0.6 is 0 Å². The molecule has 2 aromatic carbocycles. The van der Waals surface area contributed by atoms with Crippen LogP contribution in [0.1, 0.15) is 36.6 Å². The monoisotopic (exact) mass is 381 g/mol. The Labute approximate surface area is 161 Å². The van der Waals surface area contributed by atoms with Crippen molar-refractivity contribution in [3.05, 3.63) is 65.5 Å². The molecular formula is C20H20FN5O2. The molecule has 7 nitrogen and oxygen atoms in total. The molecule has 3 aromatic rings. The van der Waals surface area contributed by atoms with E-state index < -0.39 is 0 Å². The van der Waals surface area contributed by atoms with Crippen LogP contribution in [0.5, 0.6) is 5.75 Å². The third-order valence-corrected chi connectivity index (χ3v) is 4.75. The number of fused-ring (bicyclic) bond motifs is 1. The van der Waals surface area contributed by atoms with Gasteiger partial charge in [0.25, 0.3) is 5.95 Å². The summed E-state index contributed by atoms with van der Waals surface area (Å²) in [6, 6.07) is 14.0. The molecule has 0 spiro atoms. The number of carbonyl (C=O) groups excluding carboxylic acids is 1. The van der Waals surface area contributed by atoms with Gasteiger partial charge < -0.3 is 10.1 Å². The highest BCUT2D eigenvalue weighted by molar-refractivity contribution is 5.86. The maximum Gasteiger partial charge on any atom is 0.250 e. The maximum atomic E-state index is 13.4. The number of nitrogens with zero attached hydrogens (tertiary/aromatic N) is 3. The molecule has 1 aliphatic rings. The van der Waals surface area contributed by atoms with Crippen LogP contribution in [0.2, 0.25) is 0 Å². The number of nitrogens with one attached hydrogen (secondary N) is 2. The zero-order valence-corrected chi connectivity index (χ0v) is 15.5. The lowest BCUT2D eigenvalue weighted by Crippen LogP contribution is -2.28. The largest absolute Gasteiger partial charge is 0.497 e. The quantitative estimate of drug-likeness (QED) is 0.723. The number of halogens is 1. The van der Waals surface area contributed by atoms with Crippen molar-refractivity contribution in [1.29, 1.82) is 0 Å². The van der Waals surface area contributed by atoms with Crippen LogP contribution in [0.15, 0.2) is 48.5 Å². The van der Waals surface area contributed by atoms with Crippen molar-refractivity contribution in [1.82, 2.24) is 14.8 Å². The number of aromatic nitrogens is 3. The van der Waals surface area contributed by atoms with Crippen molar-refractivity contribution in [3.8, 4) is 5.75 Å². The average molecular weight is 381 g/mol. The Morgan fingerprint density at radius 1 is 1.18 bits per heavy atom. The van der Waals surface area contributed by atoms with Gasteiger partial charge in [0.15, 0.2) is 0 Å². The maximum absolute atomic E-state index is 13.4. The number of hydrogen-bond acceptors (Lipinski definition) is 5. The van der Waals surface area contributed by atoms with Crippen molar-refractivity contribution in [2.75, 3.05) is 17.7 Å². The molecule has 0 unspecified atom stereocenters. The van der Waals surface area contributed by atoms with E-state index in [4.69, 9.17) is 4.74 Å². The highest BCUT2D eigenvalue weighted by atomic mass is 19.1. The summed E-state index contributed by atoms with van der Waals surface area (Å²) in [6.45, 7) is 1.41. The highest BCUT2D eigenvalue weighted by Gasteiger charge is 2.31. The Hall–Kier alpha value is -3.42. The summed E-state index contributed by atoms with van der Waals surface area (Å²) in [4.78, 5) is 15.8. The molecule has 2 heterocycles. The van der Waals surface area contributed by atoms with Gasteiger partial charge in [-0.05, 0) is 41.8 Å². The van der Waals surface area contributed by atoms with E-state index in [-0.39, 0.29) is 29.8 Å². The summed E-state index contributed by atoms with van der Waals surface area (Å²) in [6.07, 6.45) is 0.688. The molecular weight excluding hydrogens is 361 g/mol. The van der Waals surface area contributed by atoms with Crippen molar-refractivity contribution in [2.24, 2.45) is 0 Å². The van der Waals surface area contributed by atoms with Crippen molar-refractivity contribution < 1.29 is 13.9 Å². The molecule has 8 heteroatoms. The van der Waals surface area contributed by atoms with Gasteiger partial charge in [0, 0.05) is 6.92 Å². The minimum atomic E-state index is -0.290.